The Morgan fingerprint density at radius 2 is 2.37 bits per heavy atom. The van der Waals surface area contributed by atoms with Gasteiger partial charge in [-0.15, -0.1) is 11.3 Å². The van der Waals surface area contributed by atoms with Gasteiger partial charge in [0.05, 0.1) is 11.8 Å². The van der Waals surface area contributed by atoms with Gasteiger partial charge in [-0.1, -0.05) is 0 Å². The Labute approximate surface area is 114 Å². The summed E-state index contributed by atoms with van der Waals surface area (Å²) in [5.41, 5.74) is 1.61. The van der Waals surface area contributed by atoms with E-state index in [4.69, 9.17) is 0 Å². The number of aromatic nitrogens is 2. The Hall–Kier alpha value is -1.69. The molecule has 6 heteroatoms. The van der Waals surface area contributed by atoms with Crippen molar-refractivity contribution in [1.29, 1.82) is 0 Å². The van der Waals surface area contributed by atoms with Crippen LogP contribution in [0.3, 0.4) is 0 Å². The molecule has 19 heavy (non-hydrogen) atoms. The van der Waals surface area contributed by atoms with Gasteiger partial charge in [-0.05, 0) is 36.6 Å². The molecule has 1 aliphatic carbocycles. The molecule has 2 aromatic heterocycles. The first-order valence-electron chi connectivity index (χ1n) is 6.35. The molecule has 0 unspecified atom stereocenters. The molecule has 1 amide bonds. The predicted octanol–water partition coefficient (Wildman–Crippen LogP) is 1.29. The predicted molar refractivity (Wildman–Crippen MR) is 74.4 cm³/mol. The monoisotopic (exact) mass is 277 g/mol. The smallest absolute Gasteiger partial charge is 0.271 e. The average Bonchev–Trinajstić information content (AvgIpc) is 3.14. The lowest BCUT2D eigenvalue weighted by atomic mass is 10.3. The van der Waals surface area contributed by atoms with E-state index in [2.05, 4.69) is 10.3 Å². The lowest BCUT2D eigenvalue weighted by Gasteiger charge is -2.06. The Morgan fingerprint density at radius 3 is 3.11 bits per heavy atom. The molecule has 0 aromatic carbocycles. The van der Waals surface area contributed by atoms with Crippen LogP contribution in [0.15, 0.2) is 16.5 Å². The summed E-state index contributed by atoms with van der Waals surface area (Å²) in [6, 6.07) is 0. The van der Waals surface area contributed by atoms with Crippen molar-refractivity contribution in [3.8, 4) is 0 Å². The van der Waals surface area contributed by atoms with Gasteiger partial charge in [-0.3, -0.25) is 14.2 Å². The molecule has 2 aromatic rings. The number of rotatable bonds is 4. The van der Waals surface area contributed by atoms with E-state index in [1.165, 1.54) is 35.1 Å². The van der Waals surface area contributed by atoms with Gasteiger partial charge in [-0.2, -0.15) is 0 Å². The van der Waals surface area contributed by atoms with Gasteiger partial charge < -0.3 is 5.32 Å². The fourth-order valence-corrected chi connectivity index (χ4v) is 2.91. The van der Waals surface area contributed by atoms with Crippen LogP contribution in [0.5, 0.6) is 0 Å². The highest BCUT2D eigenvalue weighted by atomic mass is 32.1. The summed E-state index contributed by atoms with van der Waals surface area (Å²) in [5, 5.41) is 4.76. The molecule has 5 nitrogen and oxygen atoms in total. The van der Waals surface area contributed by atoms with E-state index in [1.807, 2.05) is 12.3 Å². The Balaban J connectivity index is 1.78. The minimum atomic E-state index is -0.135. The van der Waals surface area contributed by atoms with E-state index >= 15 is 0 Å². The van der Waals surface area contributed by atoms with Crippen LogP contribution in [0.25, 0.3) is 10.2 Å². The number of carbonyl (C=O) groups is 1. The maximum Gasteiger partial charge on any atom is 0.271 e. The molecular formula is C13H15N3O2S. The molecule has 0 bridgehead atoms. The number of nitrogens with zero attached hydrogens (tertiary/aromatic N) is 2. The average molecular weight is 277 g/mol. The molecule has 100 valence electrons. The van der Waals surface area contributed by atoms with Crippen molar-refractivity contribution in [2.45, 2.75) is 26.3 Å². The zero-order chi connectivity index (χ0) is 13.4. The van der Waals surface area contributed by atoms with Gasteiger partial charge in [0.1, 0.15) is 11.2 Å². The quantitative estimate of drug-likeness (QED) is 0.916. The van der Waals surface area contributed by atoms with Crippen LogP contribution in [0.4, 0.5) is 0 Å². The zero-order valence-electron chi connectivity index (χ0n) is 10.7. The van der Waals surface area contributed by atoms with Crippen LogP contribution in [-0.2, 0) is 11.3 Å². The standard InChI is InChI=1S/C13H15N3O2S/c1-8-6-19-12-11(8)15-7-16(13(12)18)5-10(17)14-4-9-2-3-9/h6-7,9H,2-5H2,1H3,(H,14,17). The number of aryl methyl sites for hydroxylation is 1. The summed E-state index contributed by atoms with van der Waals surface area (Å²) < 4.78 is 2.00. The summed E-state index contributed by atoms with van der Waals surface area (Å²) in [4.78, 5) is 28.2. The van der Waals surface area contributed by atoms with Crippen LogP contribution >= 0.6 is 11.3 Å². The van der Waals surface area contributed by atoms with Crippen molar-refractivity contribution in [1.82, 2.24) is 14.9 Å². The van der Waals surface area contributed by atoms with Gasteiger partial charge in [0.25, 0.3) is 5.56 Å². The summed E-state index contributed by atoms with van der Waals surface area (Å²) in [6.07, 6.45) is 3.85. The maximum absolute atomic E-state index is 12.2. The summed E-state index contributed by atoms with van der Waals surface area (Å²) in [6.45, 7) is 2.70. The molecule has 1 aliphatic rings. The highest BCUT2D eigenvalue weighted by molar-refractivity contribution is 7.17. The SMILES string of the molecule is Cc1csc2c(=O)n(CC(=O)NCC3CC3)cnc12. The van der Waals surface area contributed by atoms with Gasteiger partial charge >= 0.3 is 0 Å². The number of carbonyl (C=O) groups excluding carboxylic acids is 1. The lowest BCUT2D eigenvalue weighted by molar-refractivity contribution is -0.121. The third-order valence-corrected chi connectivity index (χ3v) is 4.40. The van der Waals surface area contributed by atoms with E-state index in [0.29, 0.717) is 10.6 Å². The van der Waals surface area contributed by atoms with Crippen molar-refractivity contribution in [2.75, 3.05) is 6.54 Å². The number of nitrogens with one attached hydrogen (secondary N) is 1. The van der Waals surface area contributed by atoms with Crippen molar-refractivity contribution >= 4 is 27.5 Å². The molecule has 1 saturated carbocycles. The second kappa shape index (κ2) is 4.77. The topological polar surface area (TPSA) is 64.0 Å². The first kappa shape index (κ1) is 12.3. The van der Waals surface area contributed by atoms with E-state index in [9.17, 15) is 9.59 Å². The molecule has 1 N–H and O–H groups in total. The molecule has 3 rings (SSSR count). The van der Waals surface area contributed by atoms with Crippen LogP contribution in [-0.4, -0.2) is 22.0 Å². The normalized spacial score (nSPS) is 14.8. The highest BCUT2D eigenvalue weighted by Gasteiger charge is 2.21. The largest absolute Gasteiger partial charge is 0.354 e. The van der Waals surface area contributed by atoms with Crippen molar-refractivity contribution in [3.05, 3.63) is 27.6 Å². The number of amides is 1. The fourth-order valence-electron chi connectivity index (χ4n) is 1.96. The second-order valence-corrected chi connectivity index (χ2v) is 5.90. The first-order valence-corrected chi connectivity index (χ1v) is 7.23. The van der Waals surface area contributed by atoms with Gasteiger partial charge in [0.2, 0.25) is 5.91 Å². The first-order chi connectivity index (χ1) is 9.15. The molecule has 0 atom stereocenters. The lowest BCUT2D eigenvalue weighted by Crippen LogP contribution is -2.33. The van der Waals surface area contributed by atoms with Gasteiger partial charge in [-0.25, -0.2) is 4.98 Å². The summed E-state index contributed by atoms with van der Waals surface area (Å²) in [7, 11) is 0. The molecule has 0 radical (unpaired) electrons. The molecule has 0 aliphatic heterocycles. The number of fused-ring (bicyclic) bond motifs is 1. The highest BCUT2D eigenvalue weighted by Crippen LogP contribution is 2.27. The second-order valence-electron chi connectivity index (χ2n) is 5.02. The molecule has 0 saturated heterocycles. The summed E-state index contributed by atoms with van der Waals surface area (Å²) in [5.74, 6) is 0.518. The van der Waals surface area contributed by atoms with Crippen molar-refractivity contribution < 1.29 is 4.79 Å². The zero-order valence-corrected chi connectivity index (χ0v) is 11.5. The number of thiophene rings is 1. The van der Waals surface area contributed by atoms with Gasteiger partial charge in [0.15, 0.2) is 0 Å². The minimum Gasteiger partial charge on any atom is -0.354 e. The maximum atomic E-state index is 12.2. The van der Waals surface area contributed by atoms with E-state index in [-0.39, 0.29) is 18.0 Å². The summed E-state index contributed by atoms with van der Waals surface area (Å²) >= 11 is 1.38. The number of hydrogen-bond acceptors (Lipinski definition) is 4. The molecule has 2 heterocycles. The molecule has 1 fully saturated rings. The van der Waals surface area contributed by atoms with Crippen molar-refractivity contribution in [2.24, 2.45) is 5.92 Å². The Kier molecular flexibility index (Phi) is 3.10. The third kappa shape index (κ3) is 2.53. The van der Waals surface area contributed by atoms with Gasteiger partial charge in [0, 0.05) is 6.54 Å². The Morgan fingerprint density at radius 1 is 1.58 bits per heavy atom. The fraction of sp³-hybridized carbons (Fsp3) is 0.462. The minimum absolute atomic E-state index is 0.0471. The Bertz CT molecular complexity index is 685. The van der Waals surface area contributed by atoms with Crippen molar-refractivity contribution in [3.63, 3.8) is 0 Å². The van der Waals surface area contributed by atoms with E-state index < -0.39 is 0 Å². The molecule has 0 spiro atoms. The third-order valence-electron chi connectivity index (χ3n) is 3.32. The van der Waals surface area contributed by atoms with E-state index in [0.717, 1.165) is 17.6 Å². The van der Waals surface area contributed by atoms with Crippen LogP contribution in [0, 0.1) is 12.8 Å². The van der Waals surface area contributed by atoms with E-state index in [1.54, 1.807) is 0 Å². The molecular weight excluding hydrogens is 262 g/mol. The van der Waals surface area contributed by atoms with Crippen LogP contribution in [0.1, 0.15) is 18.4 Å². The van der Waals surface area contributed by atoms with Crippen LogP contribution in [0.2, 0.25) is 0 Å². The van der Waals surface area contributed by atoms with Crippen LogP contribution < -0.4 is 10.9 Å². The number of hydrogen-bond donors (Lipinski definition) is 1.